The van der Waals surface area contributed by atoms with Crippen LogP contribution in [-0.2, 0) is 10.3 Å². The van der Waals surface area contributed by atoms with Gasteiger partial charge in [-0.3, -0.25) is 15.1 Å². The maximum absolute atomic E-state index is 12.3. The van der Waals surface area contributed by atoms with E-state index in [-0.39, 0.29) is 11.9 Å². The number of benzene rings is 1. The molecule has 122 valence electrons. The van der Waals surface area contributed by atoms with Crippen LogP contribution in [0.4, 0.5) is 0 Å². The normalized spacial score (nSPS) is 23.8. The number of nitrogens with two attached hydrogens (primary N) is 1. The highest BCUT2D eigenvalue weighted by molar-refractivity contribution is 7.10. The summed E-state index contributed by atoms with van der Waals surface area (Å²) >= 11 is 1.48. The fourth-order valence-electron chi connectivity index (χ4n) is 2.72. The Morgan fingerprint density at radius 3 is 2.88 bits per heavy atom. The van der Waals surface area contributed by atoms with Gasteiger partial charge in [0, 0.05) is 11.9 Å². The van der Waals surface area contributed by atoms with Gasteiger partial charge in [0.1, 0.15) is 6.04 Å². The van der Waals surface area contributed by atoms with Crippen molar-refractivity contribution in [3.63, 3.8) is 0 Å². The number of likely N-dealkylation sites (N-methyl/N-ethyl adjacent to an activating group) is 1. The number of rotatable bonds is 2. The molecule has 0 bridgehead atoms. The molecule has 1 aliphatic rings. The van der Waals surface area contributed by atoms with Crippen LogP contribution in [0.5, 0.6) is 0 Å². The lowest BCUT2D eigenvalue weighted by Crippen LogP contribution is -2.69. The maximum Gasteiger partial charge on any atom is 0.248 e. The van der Waals surface area contributed by atoms with Gasteiger partial charge in [0.25, 0.3) is 0 Å². The summed E-state index contributed by atoms with van der Waals surface area (Å²) in [7, 11) is 1.53. The summed E-state index contributed by atoms with van der Waals surface area (Å²) in [6.07, 6.45) is 0. The molecule has 2 atom stereocenters. The van der Waals surface area contributed by atoms with Crippen molar-refractivity contribution < 1.29 is 4.79 Å². The topological polar surface area (TPSA) is 106 Å². The van der Waals surface area contributed by atoms with Gasteiger partial charge in [-0.15, -0.1) is 11.3 Å². The summed E-state index contributed by atoms with van der Waals surface area (Å²) in [4.78, 5) is 14.4. The Morgan fingerprint density at radius 1 is 1.42 bits per heavy atom. The number of hydrogen-bond acceptors (Lipinski definition) is 5. The second-order valence-electron chi connectivity index (χ2n) is 5.94. The number of hydrogen-bond donors (Lipinski definition) is 3. The van der Waals surface area contributed by atoms with Crippen molar-refractivity contribution in [3.05, 3.63) is 46.2 Å². The molecule has 1 fully saturated rings. The van der Waals surface area contributed by atoms with E-state index in [2.05, 4.69) is 11.4 Å². The van der Waals surface area contributed by atoms with Crippen LogP contribution in [0.3, 0.4) is 0 Å². The molecular formula is C17H17N5OS. The highest BCUT2D eigenvalue weighted by Crippen LogP contribution is 2.36. The van der Waals surface area contributed by atoms with E-state index in [1.807, 2.05) is 36.6 Å². The zero-order valence-electron chi connectivity index (χ0n) is 13.3. The monoisotopic (exact) mass is 339 g/mol. The van der Waals surface area contributed by atoms with Gasteiger partial charge in [-0.1, -0.05) is 12.1 Å². The molecule has 1 aromatic carbocycles. The van der Waals surface area contributed by atoms with Crippen LogP contribution in [0.1, 0.15) is 17.4 Å². The van der Waals surface area contributed by atoms with Gasteiger partial charge in [-0.25, -0.2) is 0 Å². The van der Waals surface area contributed by atoms with Gasteiger partial charge in [0.15, 0.2) is 5.96 Å². The number of carbonyl (C=O) groups is 1. The molecule has 1 aliphatic heterocycles. The van der Waals surface area contributed by atoms with E-state index in [1.165, 1.54) is 23.3 Å². The van der Waals surface area contributed by atoms with Gasteiger partial charge < -0.3 is 11.1 Å². The Labute approximate surface area is 144 Å². The summed E-state index contributed by atoms with van der Waals surface area (Å²) < 4.78 is 0. The second kappa shape index (κ2) is 5.74. The number of nitrogens with zero attached hydrogens (tertiary/aromatic N) is 2. The summed E-state index contributed by atoms with van der Waals surface area (Å²) in [5.41, 5.74) is 7.80. The van der Waals surface area contributed by atoms with Crippen LogP contribution < -0.4 is 11.1 Å². The minimum atomic E-state index is -0.837. The van der Waals surface area contributed by atoms with Crippen LogP contribution in [0.2, 0.25) is 0 Å². The van der Waals surface area contributed by atoms with Gasteiger partial charge >= 0.3 is 0 Å². The predicted octanol–water partition coefficient (Wildman–Crippen LogP) is 1.83. The molecule has 1 unspecified atom stereocenters. The molecule has 3 rings (SSSR count). The average molecular weight is 339 g/mol. The predicted molar refractivity (Wildman–Crippen MR) is 93.4 cm³/mol. The number of guanidine groups is 1. The van der Waals surface area contributed by atoms with Crippen LogP contribution in [0.15, 0.2) is 35.7 Å². The van der Waals surface area contributed by atoms with Gasteiger partial charge in [-0.05, 0) is 41.6 Å². The average Bonchev–Trinajstić information content (AvgIpc) is 3.09. The Kier molecular flexibility index (Phi) is 3.87. The van der Waals surface area contributed by atoms with Gasteiger partial charge in [0.05, 0.1) is 17.2 Å². The Balaban J connectivity index is 1.99. The lowest BCUT2D eigenvalue weighted by molar-refractivity contribution is -0.131. The van der Waals surface area contributed by atoms with Gasteiger partial charge in [0.2, 0.25) is 5.91 Å². The van der Waals surface area contributed by atoms with Crippen molar-refractivity contribution in [1.29, 1.82) is 10.7 Å². The molecule has 24 heavy (non-hydrogen) atoms. The SMILES string of the molecule is CN1C(=N)N[C@](C)(c2cc(-c3cccc(C#N)c3)cs2)C(N)C1=O. The van der Waals surface area contributed by atoms with Crippen molar-refractivity contribution in [1.82, 2.24) is 10.2 Å². The smallest absolute Gasteiger partial charge is 0.248 e. The Hall–Kier alpha value is -2.69. The van der Waals surface area contributed by atoms with Gasteiger partial charge in [-0.2, -0.15) is 5.26 Å². The fraction of sp³-hybridized carbons (Fsp3) is 0.235. The minimum absolute atomic E-state index is 0.0330. The highest BCUT2D eigenvalue weighted by Gasteiger charge is 2.46. The molecule has 0 spiro atoms. The first-order valence-electron chi connectivity index (χ1n) is 7.36. The molecule has 0 saturated carbocycles. The Morgan fingerprint density at radius 2 is 2.17 bits per heavy atom. The first kappa shape index (κ1) is 16.2. The van der Waals surface area contributed by atoms with Crippen molar-refractivity contribution in [2.45, 2.75) is 18.5 Å². The third-order valence-corrected chi connectivity index (χ3v) is 5.54. The number of nitriles is 1. The van der Waals surface area contributed by atoms with E-state index in [1.54, 1.807) is 6.07 Å². The van der Waals surface area contributed by atoms with E-state index in [0.717, 1.165) is 16.0 Å². The minimum Gasteiger partial charge on any atom is -0.344 e. The van der Waals surface area contributed by atoms with E-state index in [4.69, 9.17) is 16.4 Å². The molecule has 1 saturated heterocycles. The van der Waals surface area contributed by atoms with Crippen molar-refractivity contribution >= 4 is 23.2 Å². The molecule has 6 nitrogen and oxygen atoms in total. The standard InChI is InChI=1S/C17H17N5OS/c1-17(14(19)15(23)22(2)16(20)21-17)13-7-12(9-24-13)11-5-3-4-10(6-11)8-18/h3-7,9,14H,19H2,1-2H3,(H2,20,21)/t14?,17-/m1/s1. The summed E-state index contributed by atoms with van der Waals surface area (Å²) in [5, 5.41) is 22.0. The molecule has 1 aromatic heterocycles. The lowest BCUT2D eigenvalue weighted by atomic mass is 9.87. The number of thiophene rings is 1. The molecule has 2 aromatic rings. The molecule has 0 aliphatic carbocycles. The first-order chi connectivity index (χ1) is 11.4. The van der Waals surface area contributed by atoms with E-state index < -0.39 is 11.6 Å². The second-order valence-corrected chi connectivity index (χ2v) is 6.85. The van der Waals surface area contributed by atoms with Crippen LogP contribution in [-0.4, -0.2) is 29.9 Å². The van der Waals surface area contributed by atoms with E-state index in [0.29, 0.717) is 5.56 Å². The number of nitrogens with one attached hydrogen (secondary N) is 2. The molecule has 7 heteroatoms. The quantitative estimate of drug-likeness (QED) is 0.776. The molecule has 1 amide bonds. The first-order valence-corrected chi connectivity index (χ1v) is 8.24. The summed E-state index contributed by atoms with van der Waals surface area (Å²) in [6, 6.07) is 10.7. The Bertz CT molecular complexity index is 868. The largest absolute Gasteiger partial charge is 0.344 e. The summed E-state index contributed by atoms with van der Waals surface area (Å²) in [6.45, 7) is 1.83. The zero-order chi connectivity index (χ0) is 17.5. The van der Waals surface area contributed by atoms with Crippen molar-refractivity contribution in [2.75, 3.05) is 7.05 Å². The van der Waals surface area contributed by atoms with Crippen LogP contribution in [0, 0.1) is 16.7 Å². The third kappa shape index (κ3) is 2.46. The van der Waals surface area contributed by atoms with Crippen LogP contribution >= 0.6 is 11.3 Å². The van der Waals surface area contributed by atoms with Crippen LogP contribution in [0.25, 0.3) is 11.1 Å². The molecule has 4 N–H and O–H groups in total. The number of carbonyl (C=O) groups excluding carboxylic acids is 1. The van der Waals surface area contributed by atoms with E-state index in [9.17, 15) is 4.79 Å². The highest BCUT2D eigenvalue weighted by atomic mass is 32.1. The fourth-order valence-corrected chi connectivity index (χ4v) is 3.79. The van der Waals surface area contributed by atoms with E-state index >= 15 is 0 Å². The molecular weight excluding hydrogens is 322 g/mol. The molecule has 0 radical (unpaired) electrons. The van der Waals surface area contributed by atoms with Crippen molar-refractivity contribution in [3.8, 4) is 17.2 Å². The van der Waals surface area contributed by atoms with Crippen molar-refractivity contribution in [2.24, 2.45) is 5.73 Å². The third-order valence-electron chi connectivity index (χ3n) is 4.37. The summed E-state index contributed by atoms with van der Waals surface area (Å²) in [5.74, 6) is -0.256. The molecule has 2 heterocycles. The maximum atomic E-state index is 12.3. The number of amides is 1. The lowest BCUT2D eigenvalue weighted by Gasteiger charge is -2.43. The zero-order valence-corrected chi connectivity index (χ0v) is 14.1.